The van der Waals surface area contributed by atoms with Crippen molar-refractivity contribution < 1.29 is 0 Å². The van der Waals surface area contributed by atoms with Crippen LogP contribution in [0.25, 0.3) is 0 Å². The standard InChI is InChI=1S/C7H10N4/c8-6-4-2-1-3-5(4)10-7(9)11-6/h1,3,7,10H,2,9H2,(H2,8,11). The number of allylic oxidation sites excluding steroid dienone is 2. The van der Waals surface area contributed by atoms with E-state index in [-0.39, 0.29) is 6.29 Å². The molecule has 0 fully saturated rings. The Labute approximate surface area is 64.7 Å². The van der Waals surface area contributed by atoms with Crippen LogP contribution in [0.2, 0.25) is 0 Å². The average Bonchev–Trinajstić information content (AvgIpc) is 2.34. The van der Waals surface area contributed by atoms with Crippen molar-refractivity contribution in [3.63, 3.8) is 0 Å². The first-order chi connectivity index (χ1) is 5.27. The quantitative estimate of drug-likeness (QED) is 0.431. The fraction of sp³-hybridized carbons (Fsp3) is 0.286. The van der Waals surface area contributed by atoms with Gasteiger partial charge in [-0.1, -0.05) is 6.08 Å². The smallest absolute Gasteiger partial charge is 0.173 e. The molecule has 58 valence electrons. The number of nitrogens with zero attached hydrogens (tertiary/aromatic N) is 1. The SMILES string of the molecule is NC1=NC(N)NC2=C1CC=C2. The highest BCUT2D eigenvalue weighted by atomic mass is 15.2. The van der Waals surface area contributed by atoms with E-state index in [2.05, 4.69) is 10.3 Å². The van der Waals surface area contributed by atoms with Crippen LogP contribution in [-0.2, 0) is 0 Å². The molecule has 1 heterocycles. The van der Waals surface area contributed by atoms with Gasteiger partial charge < -0.3 is 11.1 Å². The van der Waals surface area contributed by atoms with Crippen molar-refractivity contribution >= 4 is 5.84 Å². The summed E-state index contributed by atoms with van der Waals surface area (Å²) in [5.41, 5.74) is 13.3. The van der Waals surface area contributed by atoms with E-state index in [1.54, 1.807) is 0 Å². The van der Waals surface area contributed by atoms with Crippen molar-refractivity contribution in [3.05, 3.63) is 23.4 Å². The molecule has 0 aromatic carbocycles. The van der Waals surface area contributed by atoms with Gasteiger partial charge in [0.1, 0.15) is 5.84 Å². The Bertz CT molecular complexity index is 274. The summed E-state index contributed by atoms with van der Waals surface area (Å²) < 4.78 is 0. The Morgan fingerprint density at radius 2 is 2.45 bits per heavy atom. The summed E-state index contributed by atoms with van der Waals surface area (Å²) in [4.78, 5) is 3.99. The first-order valence-electron chi connectivity index (χ1n) is 3.53. The molecule has 0 amide bonds. The van der Waals surface area contributed by atoms with Crippen LogP contribution in [0.15, 0.2) is 28.4 Å². The van der Waals surface area contributed by atoms with Gasteiger partial charge in [0, 0.05) is 11.3 Å². The van der Waals surface area contributed by atoms with Gasteiger partial charge in [-0.25, -0.2) is 4.99 Å². The molecular weight excluding hydrogens is 140 g/mol. The first kappa shape index (κ1) is 6.42. The summed E-state index contributed by atoms with van der Waals surface area (Å²) in [6, 6.07) is 0. The monoisotopic (exact) mass is 150 g/mol. The molecule has 0 spiro atoms. The van der Waals surface area contributed by atoms with Crippen molar-refractivity contribution in [1.82, 2.24) is 5.32 Å². The van der Waals surface area contributed by atoms with E-state index >= 15 is 0 Å². The maximum absolute atomic E-state index is 5.64. The van der Waals surface area contributed by atoms with Gasteiger partial charge in [0.15, 0.2) is 6.29 Å². The second-order valence-electron chi connectivity index (χ2n) is 2.60. The highest BCUT2D eigenvalue weighted by Gasteiger charge is 2.18. The first-order valence-corrected chi connectivity index (χ1v) is 3.53. The minimum atomic E-state index is -0.378. The fourth-order valence-corrected chi connectivity index (χ4v) is 1.30. The maximum Gasteiger partial charge on any atom is 0.173 e. The third-order valence-electron chi connectivity index (χ3n) is 1.82. The lowest BCUT2D eigenvalue weighted by Crippen LogP contribution is -2.41. The van der Waals surface area contributed by atoms with Gasteiger partial charge >= 0.3 is 0 Å². The third kappa shape index (κ3) is 0.914. The topological polar surface area (TPSA) is 76.4 Å². The maximum atomic E-state index is 5.64. The molecule has 0 radical (unpaired) electrons. The summed E-state index contributed by atoms with van der Waals surface area (Å²) in [7, 11) is 0. The number of nitrogens with two attached hydrogens (primary N) is 2. The lowest BCUT2D eigenvalue weighted by atomic mass is 10.2. The van der Waals surface area contributed by atoms with Crippen LogP contribution in [0.5, 0.6) is 0 Å². The molecule has 2 rings (SSSR count). The molecule has 4 heteroatoms. The molecule has 1 aliphatic heterocycles. The number of hydrogen-bond acceptors (Lipinski definition) is 4. The number of rotatable bonds is 0. The lowest BCUT2D eigenvalue weighted by Gasteiger charge is -2.19. The van der Waals surface area contributed by atoms with Crippen molar-refractivity contribution in [2.24, 2.45) is 16.5 Å². The molecule has 1 aliphatic carbocycles. The Balaban J connectivity index is 2.36. The van der Waals surface area contributed by atoms with Crippen molar-refractivity contribution in [1.29, 1.82) is 0 Å². The van der Waals surface area contributed by atoms with E-state index in [0.29, 0.717) is 5.84 Å². The molecule has 0 bridgehead atoms. The minimum Gasteiger partial charge on any atom is -0.384 e. The molecule has 0 aromatic rings. The highest BCUT2D eigenvalue weighted by Crippen LogP contribution is 2.19. The van der Waals surface area contributed by atoms with Crippen LogP contribution in [0.3, 0.4) is 0 Å². The van der Waals surface area contributed by atoms with Gasteiger partial charge in [-0.3, -0.25) is 5.73 Å². The van der Waals surface area contributed by atoms with Gasteiger partial charge in [0.2, 0.25) is 0 Å². The van der Waals surface area contributed by atoms with Crippen LogP contribution in [0.1, 0.15) is 6.42 Å². The second-order valence-corrected chi connectivity index (χ2v) is 2.60. The summed E-state index contributed by atoms with van der Waals surface area (Å²) in [6.45, 7) is 0. The molecule has 0 aromatic heterocycles. The molecular formula is C7H10N4. The Morgan fingerprint density at radius 3 is 3.27 bits per heavy atom. The van der Waals surface area contributed by atoms with Crippen molar-refractivity contribution in [3.8, 4) is 0 Å². The molecule has 11 heavy (non-hydrogen) atoms. The highest BCUT2D eigenvalue weighted by molar-refractivity contribution is 5.99. The number of aliphatic imine (C=N–C) groups is 1. The molecule has 0 saturated carbocycles. The van der Waals surface area contributed by atoms with Crippen LogP contribution < -0.4 is 16.8 Å². The van der Waals surface area contributed by atoms with E-state index in [4.69, 9.17) is 11.5 Å². The number of nitrogens with one attached hydrogen (secondary N) is 1. The second kappa shape index (κ2) is 2.10. The van der Waals surface area contributed by atoms with E-state index in [1.165, 1.54) is 0 Å². The number of hydrogen-bond donors (Lipinski definition) is 3. The molecule has 0 saturated heterocycles. The van der Waals surface area contributed by atoms with Crippen LogP contribution >= 0.6 is 0 Å². The predicted molar refractivity (Wildman–Crippen MR) is 43.5 cm³/mol. The largest absolute Gasteiger partial charge is 0.384 e. The number of amidine groups is 1. The van der Waals surface area contributed by atoms with Crippen LogP contribution in [0, 0.1) is 0 Å². The zero-order chi connectivity index (χ0) is 7.84. The van der Waals surface area contributed by atoms with Crippen LogP contribution in [0.4, 0.5) is 0 Å². The Morgan fingerprint density at radius 1 is 1.64 bits per heavy atom. The molecule has 1 unspecified atom stereocenters. The summed E-state index contributed by atoms with van der Waals surface area (Å²) >= 11 is 0. The van der Waals surface area contributed by atoms with Gasteiger partial charge in [0.25, 0.3) is 0 Å². The summed E-state index contributed by atoms with van der Waals surface area (Å²) in [6.07, 6.45) is 4.51. The molecule has 2 aliphatic rings. The van der Waals surface area contributed by atoms with E-state index < -0.39 is 0 Å². The third-order valence-corrected chi connectivity index (χ3v) is 1.82. The van der Waals surface area contributed by atoms with E-state index in [9.17, 15) is 0 Å². The van der Waals surface area contributed by atoms with Crippen molar-refractivity contribution in [2.75, 3.05) is 0 Å². The molecule has 5 N–H and O–H groups in total. The summed E-state index contributed by atoms with van der Waals surface area (Å²) in [5, 5.41) is 3.01. The zero-order valence-corrected chi connectivity index (χ0v) is 6.04. The summed E-state index contributed by atoms with van der Waals surface area (Å²) in [5.74, 6) is 0.566. The average molecular weight is 150 g/mol. The fourth-order valence-electron chi connectivity index (χ4n) is 1.30. The van der Waals surface area contributed by atoms with Gasteiger partial charge in [-0.15, -0.1) is 0 Å². The zero-order valence-electron chi connectivity index (χ0n) is 6.04. The predicted octanol–water partition coefficient (Wildman–Crippen LogP) is -0.597. The van der Waals surface area contributed by atoms with Gasteiger partial charge in [-0.05, 0) is 12.5 Å². The molecule has 4 nitrogen and oxygen atoms in total. The lowest BCUT2D eigenvalue weighted by molar-refractivity contribution is 0.613. The van der Waals surface area contributed by atoms with Gasteiger partial charge in [0.05, 0.1) is 0 Å². The van der Waals surface area contributed by atoms with E-state index in [1.807, 2.05) is 12.2 Å². The minimum absolute atomic E-state index is 0.378. The molecule has 1 atom stereocenters. The van der Waals surface area contributed by atoms with E-state index in [0.717, 1.165) is 17.7 Å². The Hall–Kier alpha value is -1.29. The van der Waals surface area contributed by atoms with Gasteiger partial charge in [-0.2, -0.15) is 0 Å². The Kier molecular flexibility index (Phi) is 1.22. The van der Waals surface area contributed by atoms with Crippen LogP contribution in [-0.4, -0.2) is 12.1 Å². The van der Waals surface area contributed by atoms with Crippen molar-refractivity contribution in [2.45, 2.75) is 12.7 Å². The normalized spacial score (nSPS) is 28.1.